The minimum Gasteiger partial charge on any atom is -0.446 e. The van der Waals surface area contributed by atoms with Gasteiger partial charge in [0.1, 0.15) is 0 Å². The van der Waals surface area contributed by atoms with E-state index in [1.807, 2.05) is 20.8 Å². The van der Waals surface area contributed by atoms with Gasteiger partial charge in [0.2, 0.25) is 0 Å². The maximum Gasteiger partial charge on any atom is 0.307 e. The van der Waals surface area contributed by atoms with Crippen molar-refractivity contribution in [1.29, 1.82) is 0 Å². The van der Waals surface area contributed by atoms with Gasteiger partial charge in [-0.15, -0.1) is 0 Å². The van der Waals surface area contributed by atoms with Crippen LogP contribution in [0.25, 0.3) is 0 Å². The minimum absolute atomic E-state index is 0.172. The number of ether oxygens (including phenoxy) is 1. The van der Waals surface area contributed by atoms with Gasteiger partial charge in [0, 0.05) is 12.3 Å². The fourth-order valence-corrected chi connectivity index (χ4v) is 0.880. The van der Waals surface area contributed by atoms with Crippen LogP contribution in [0.1, 0.15) is 46.5 Å². The Bertz CT molecular complexity index is 148. The number of carbonyl (C=O) groups is 1. The molecular formula is C10H21NO2. The average Bonchev–Trinajstić information content (AvgIpc) is 2.13. The highest BCUT2D eigenvalue weighted by atomic mass is 16.6. The molecule has 0 aromatic heterocycles. The summed E-state index contributed by atoms with van der Waals surface area (Å²) in [5, 5.41) is 0. The summed E-state index contributed by atoms with van der Waals surface area (Å²) in [4.78, 5) is 11.1. The lowest BCUT2D eigenvalue weighted by atomic mass is 10.1. The van der Waals surface area contributed by atoms with Crippen LogP contribution in [0.15, 0.2) is 0 Å². The molecule has 0 aliphatic carbocycles. The smallest absolute Gasteiger partial charge is 0.307 e. The van der Waals surface area contributed by atoms with E-state index in [2.05, 4.69) is 0 Å². The molecule has 0 unspecified atom stereocenters. The molecule has 3 nitrogen and oxygen atoms in total. The molecular weight excluding hydrogens is 166 g/mol. The number of carbonyl (C=O) groups excluding carboxylic acids is 1. The zero-order valence-corrected chi connectivity index (χ0v) is 8.88. The molecule has 2 atom stereocenters. The Morgan fingerprint density at radius 3 is 2.54 bits per heavy atom. The highest BCUT2D eigenvalue weighted by molar-refractivity contribution is 5.69. The van der Waals surface area contributed by atoms with Gasteiger partial charge >= 0.3 is 5.97 Å². The predicted octanol–water partition coefficient (Wildman–Crippen LogP) is 2.05. The van der Waals surface area contributed by atoms with Crippen molar-refractivity contribution in [2.75, 3.05) is 0 Å². The summed E-state index contributed by atoms with van der Waals surface area (Å²) >= 11 is 0. The van der Waals surface area contributed by atoms with E-state index < -0.39 is 6.23 Å². The number of unbranched alkanes of at least 4 members (excludes halogenated alkanes) is 1. The fourth-order valence-electron chi connectivity index (χ4n) is 0.880. The lowest BCUT2D eigenvalue weighted by Gasteiger charge is -2.18. The van der Waals surface area contributed by atoms with E-state index in [4.69, 9.17) is 10.5 Å². The number of hydrogen-bond donors (Lipinski definition) is 1. The lowest BCUT2D eigenvalue weighted by Crippen LogP contribution is -2.33. The molecule has 0 aliphatic heterocycles. The highest BCUT2D eigenvalue weighted by Crippen LogP contribution is 2.08. The summed E-state index contributed by atoms with van der Waals surface area (Å²) < 4.78 is 5.04. The van der Waals surface area contributed by atoms with Gasteiger partial charge in [-0.3, -0.25) is 10.5 Å². The number of rotatable bonds is 6. The summed E-state index contributed by atoms with van der Waals surface area (Å²) in [5.74, 6) is 0.0697. The molecule has 3 heteroatoms. The zero-order valence-electron chi connectivity index (χ0n) is 8.88. The topological polar surface area (TPSA) is 52.3 Å². The Hall–Kier alpha value is -0.570. The van der Waals surface area contributed by atoms with Crippen molar-refractivity contribution < 1.29 is 9.53 Å². The first-order chi connectivity index (χ1) is 6.11. The normalized spacial score (nSPS) is 15.1. The van der Waals surface area contributed by atoms with Gasteiger partial charge in [-0.1, -0.05) is 27.2 Å². The van der Waals surface area contributed by atoms with Gasteiger partial charge in [0.15, 0.2) is 6.23 Å². The predicted molar refractivity (Wildman–Crippen MR) is 53.0 cm³/mol. The first kappa shape index (κ1) is 12.4. The molecule has 0 aliphatic rings. The van der Waals surface area contributed by atoms with Gasteiger partial charge < -0.3 is 4.74 Å². The number of nitrogens with two attached hydrogens (primary N) is 1. The molecule has 0 saturated heterocycles. The van der Waals surface area contributed by atoms with Gasteiger partial charge in [-0.25, -0.2) is 0 Å². The van der Waals surface area contributed by atoms with Crippen LogP contribution in [0.3, 0.4) is 0 Å². The van der Waals surface area contributed by atoms with Crippen LogP contribution in [0, 0.1) is 5.92 Å². The van der Waals surface area contributed by atoms with E-state index in [0.717, 1.165) is 19.3 Å². The Kier molecular flexibility index (Phi) is 6.59. The summed E-state index contributed by atoms with van der Waals surface area (Å²) in [6.07, 6.45) is 2.87. The second kappa shape index (κ2) is 6.89. The van der Waals surface area contributed by atoms with Crippen LogP contribution in [0.2, 0.25) is 0 Å². The Morgan fingerprint density at radius 2 is 2.08 bits per heavy atom. The van der Waals surface area contributed by atoms with Gasteiger partial charge in [-0.05, 0) is 12.8 Å². The van der Waals surface area contributed by atoms with Crippen molar-refractivity contribution in [3.8, 4) is 0 Å². The fraction of sp³-hybridized carbons (Fsp3) is 0.900. The maximum absolute atomic E-state index is 11.1. The molecule has 13 heavy (non-hydrogen) atoms. The quantitative estimate of drug-likeness (QED) is 0.511. The molecule has 78 valence electrons. The molecule has 0 aromatic rings. The van der Waals surface area contributed by atoms with Gasteiger partial charge in [0.25, 0.3) is 0 Å². The SMILES string of the molecule is CCCCC(=O)O[C@@H](N)[C@@H](C)CC. The monoisotopic (exact) mass is 187 g/mol. The molecule has 0 spiro atoms. The Labute approximate surface area is 80.6 Å². The second-order valence-corrected chi connectivity index (χ2v) is 3.44. The first-order valence-electron chi connectivity index (χ1n) is 5.06. The van der Waals surface area contributed by atoms with Crippen LogP contribution >= 0.6 is 0 Å². The molecule has 0 aromatic carbocycles. The van der Waals surface area contributed by atoms with Crippen LogP contribution in [-0.4, -0.2) is 12.2 Å². The van der Waals surface area contributed by atoms with E-state index in [1.54, 1.807) is 0 Å². The second-order valence-electron chi connectivity index (χ2n) is 3.44. The van der Waals surface area contributed by atoms with Gasteiger partial charge in [-0.2, -0.15) is 0 Å². The number of esters is 1. The van der Waals surface area contributed by atoms with E-state index >= 15 is 0 Å². The van der Waals surface area contributed by atoms with Crippen LogP contribution in [-0.2, 0) is 9.53 Å². The van der Waals surface area contributed by atoms with Crippen molar-refractivity contribution in [3.05, 3.63) is 0 Å². The third-order valence-electron chi connectivity index (χ3n) is 2.21. The molecule has 0 heterocycles. The molecule has 0 rings (SSSR count). The highest BCUT2D eigenvalue weighted by Gasteiger charge is 2.14. The van der Waals surface area contributed by atoms with E-state index in [-0.39, 0.29) is 11.9 Å². The molecule has 2 N–H and O–H groups in total. The standard InChI is InChI=1S/C10H21NO2/c1-4-6-7-9(12)13-10(11)8(3)5-2/h8,10H,4-7,11H2,1-3H3/t8-,10+/m0/s1. The third-order valence-corrected chi connectivity index (χ3v) is 2.21. The summed E-state index contributed by atoms with van der Waals surface area (Å²) in [6, 6.07) is 0. The van der Waals surface area contributed by atoms with Crippen molar-refractivity contribution >= 4 is 5.97 Å². The zero-order chi connectivity index (χ0) is 10.3. The largest absolute Gasteiger partial charge is 0.446 e. The van der Waals surface area contributed by atoms with E-state index in [1.165, 1.54) is 0 Å². The Balaban J connectivity index is 3.64. The molecule has 0 amide bonds. The molecule has 0 fully saturated rings. The van der Waals surface area contributed by atoms with E-state index in [9.17, 15) is 4.79 Å². The summed E-state index contributed by atoms with van der Waals surface area (Å²) in [6.45, 7) is 6.06. The molecule has 0 saturated carbocycles. The minimum atomic E-state index is -0.436. The summed E-state index contributed by atoms with van der Waals surface area (Å²) in [5.41, 5.74) is 5.66. The Morgan fingerprint density at radius 1 is 1.46 bits per heavy atom. The number of hydrogen-bond acceptors (Lipinski definition) is 3. The summed E-state index contributed by atoms with van der Waals surface area (Å²) in [7, 11) is 0. The van der Waals surface area contributed by atoms with Crippen molar-refractivity contribution in [2.24, 2.45) is 11.7 Å². The third kappa shape index (κ3) is 5.64. The van der Waals surface area contributed by atoms with Gasteiger partial charge in [0.05, 0.1) is 0 Å². The van der Waals surface area contributed by atoms with Crippen LogP contribution in [0.4, 0.5) is 0 Å². The molecule has 0 radical (unpaired) electrons. The van der Waals surface area contributed by atoms with Crippen molar-refractivity contribution in [1.82, 2.24) is 0 Å². The maximum atomic E-state index is 11.1. The van der Waals surface area contributed by atoms with Crippen molar-refractivity contribution in [2.45, 2.75) is 52.7 Å². The van der Waals surface area contributed by atoms with Crippen molar-refractivity contribution in [3.63, 3.8) is 0 Å². The molecule has 0 bridgehead atoms. The average molecular weight is 187 g/mol. The van der Waals surface area contributed by atoms with E-state index in [0.29, 0.717) is 6.42 Å². The first-order valence-corrected chi connectivity index (χ1v) is 5.06. The van der Waals surface area contributed by atoms with Crippen LogP contribution < -0.4 is 5.73 Å². The van der Waals surface area contributed by atoms with Crippen LogP contribution in [0.5, 0.6) is 0 Å². The lowest BCUT2D eigenvalue weighted by molar-refractivity contribution is -0.151.